The summed E-state index contributed by atoms with van der Waals surface area (Å²) >= 11 is 12.1. The van der Waals surface area contributed by atoms with Crippen molar-refractivity contribution in [2.75, 3.05) is 0 Å². The van der Waals surface area contributed by atoms with E-state index < -0.39 is 0 Å². The van der Waals surface area contributed by atoms with Gasteiger partial charge in [0.15, 0.2) is 0 Å². The van der Waals surface area contributed by atoms with Crippen LogP contribution in [-0.4, -0.2) is 4.98 Å². The van der Waals surface area contributed by atoms with Crippen molar-refractivity contribution in [2.24, 2.45) is 5.73 Å². The van der Waals surface area contributed by atoms with Crippen LogP contribution < -0.4 is 5.73 Å². The number of aromatic nitrogens is 1. The number of hydrogen-bond donors (Lipinski definition) is 1. The Morgan fingerprint density at radius 1 is 0.950 bits per heavy atom. The number of hydrogen-bond acceptors (Lipinski definition) is 2. The Kier molecular flexibility index (Phi) is 3.62. The standard InChI is InChI=1S/C16H12Cl2N2/c17-12-5-11(6-13(18)7-12)16(19)15-9-20-8-10-3-1-2-4-14(10)15/h1-9,16H,19H2. The molecule has 1 atom stereocenters. The fourth-order valence-electron chi connectivity index (χ4n) is 2.32. The van der Waals surface area contributed by atoms with Crippen LogP contribution in [-0.2, 0) is 0 Å². The van der Waals surface area contributed by atoms with E-state index in [1.807, 2.05) is 42.6 Å². The molecule has 4 heteroatoms. The predicted molar refractivity (Wildman–Crippen MR) is 84.2 cm³/mol. The average Bonchev–Trinajstić information content (AvgIpc) is 2.45. The van der Waals surface area contributed by atoms with Gasteiger partial charge in [0.05, 0.1) is 6.04 Å². The minimum atomic E-state index is -0.315. The molecule has 0 saturated carbocycles. The quantitative estimate of drug-likeness (QED) is 0.752. The van der Waals surface area contributed by atoms with Crippen LogP contribution in [0.25, 0.3) is 10.8 Å². The molecular weight excluding hydrogens is 291 g/mol. The van der Waals surface area contributed by atoms with Gasteiger partial charge < -0.3 is 5.73 Å². The summed E-state index contributed by atoms with van der Waals surface area (Å²) in [5, 5.41) is 3.31. The lowest BCUT2D eigenvalue weighted by atomic mass is 9.96. The van der Waals surface area contributed by atoms with E-state index in [0.29, 0.717) is 10.0 Å². The van der Waals surface area contributed by atoms with Gasteiger partial charge in [0.2, 0.25) is 0 Å². The highest BCUT2D eigenvalue weighted by atomic mass is 35.5. The van der Waals surface area contributed by atoms with E-state index in [0.717, 1.165) is 21.9 Å². The van der Waals surface area contributed by atoms with Crippen LogP contribution in [0.1, 0.15) is 17.2 Å². The number of pyridine rings is 1. The van der Waals surface area contributed by atoms with Crippen LogP contribution in [0.3, 0.4) is 0 Å². The summed E-state index contributed by atoms with van der Waals surface area (Å²) in [6.07, 6.45) is 3.62. The molecule has 0 aliphatic rings. The van der Waals surface area contributed by atoms with Crippen LogP contribution in [0, 0.1) is 0 Å². The topological polar surface area (TPSA) is 38.9 Å². The Morgan fingerprint density at radius 3 is 2.40 bits per heavy atom. The van der Waals surface area contributed by atoms with Gasteiger partial charge in [-0.15, -0.1) is 0 Å². The summed E-state index contributed by atoms with van der Waals surface area (Å²) in [6, 6.07) is 13.1. The van der Waals surface area contributed by atoms with Crippen molar-refractivity contribution in [3.63, 3.8) is 0 Å². The first-order valence-corrected chi connectivity index (χ1v) is 6.95. The first-order chi connectivity index (χ1) is 9.65. The van der Waals surface area contributed by atoms with Crippen LogP contribution >= 0.6 is 23.2 Å². The maximum Gasteiger partial charge on any atom is 0.0574 e. The van der Waals surface area contributed by atoms with E-state index in [-0.39, 0.29) is 6.04 Å². The molecule has 2 nitrogen and oxygen atoms in total. The largest absolute Gasteiger partial charge is 0.320 e. The van der Waals surface area contributed by atoms with E-state index in [2.05, 4.69) is 4.98 Å². The molecular formula is C16H12Cl2N2. The molecule has 1 unspecified atom stereocenters. The number of nitrogens with two attached hydrogens (primary N) is 1. The zero-order valence-corrected chi connectivity index (χ0v) is 12.1. The Bertz CT molecular complexity index is 746. The monoisotopic (exact) mass is 302 g/mol. The van der Waals surface area contributed by atoms with Gasteiger partial charge in [-0.3, -0.25) is 4.98 Å². The first kappa shape index (κ1) is 13.4. The molecule has 0 fully saturated rings. The molecule has 0 amide bonds. The van der Waals surface area contributed by atoms with Crippen molar-refractivity contribution in [3.8, 4) is 0 Å². The summed E-state index contributed by atoms with van der Waals surface area (Å²) in [5.41, 5.74) is 8.20. The minimum absolute atomic E-state index is 0.315. The summed E-state index contributed by atoms with van der Waals surface area (Å²) in [4.78, 5) is 4.26. The van der Waals surface area contributed by atoms with Gasteiger partial charge in [-0.05, 0) is 34.7 Å². The van der Waals surface area contributed by atoms with E-state index in [4.69, 9.17) is 28.9 Å². The number of halogens is 2. The van der Waals surface area contributed by atoms with Crippen molar-refractivity contribution in [1.82, 2.24) is 4.98 Å². The molecule has 1 aromatic heterocycles. The van der Waals surface area contributed by atoms with Crippen molar-refractivity contribution in [1.29, 1.82) is 0 Å². The Balaban J connectivity index is 2.15. The minimum Gasteiger partial charge on any atom is -0.320 e. The maximum absolute atomic E-state index is 6.36. The van der Waals surface area contributed by atoms with Gasteiger partial charge in [-0.2, -0.15) is 0 Å². The highest BCUT2D eigenvalue weighted by molar-refractivity contribution is 6.34. The van der Waals surface area contributed by atoms with E-state index in [1.165, 1.54) is 0 Å². The molecule has 100 valence electrons. The zero-order chi connectivity index (χ0) is 14.1. The third-order valence-electron chi connectivity index (χ3n) is 3.28. The highest BCUT2D eigenvalue weighted by Crippen LogP contribution is 2.29. The third kappa shape index (κ3) is 2.50. The molecule has 2 N–H and O–H groups in total. The highest BCUT2D eigenvalue weighted by Gasteiger charge is 2.13. The van der Waals surface area contributed by atoms with Crippen LogP contribution in [0.5, 0.6) is 0 Å². The van der Waals surface area contributed by atoms with Crippen molar-refractivity contribution in [2.45, 2.75) is 6.04 Å². The lowest BCUT2D eigenvalue weighted by Crippen LogP contribution is -2.12. The lowest BCUT2D eigenvalue weighted by molar-refractivity contribution is 0.874. The lowest BCUT2D eigenvalue weighted by Gasteiger charge is -2.15. The van der Waals surface area contributed by atoms with E-state index >= 15 is 0 Å². The van der Waals surface area contributed by atoms with Crippen molar-refractivity contribution < 1.29 is 0 Å². The van der Waals surface area contributed by atoms with Crippen molar-refractivity contribution in [3.05, 3.63) is 76.0 Å². The number of nitrogens with zero attached hydrogens (tertiary/aromatic N) is 1. The molecule has 20 heavy (non-hydrogen) atoms. The number of rotatable bonds is 2. The van der Waals surface area contributed by atoms with Gasteiger partial charge in [0.1, 0.15) is 0 Å². The van der Waals surface area contributed by atoms with Gasteiger partial charge in [0.25, 0.3) is 0 Å². The maximum atomic E-state index is 6.36. The molecule has 1 heterocycles. The molecule has 3 rings (SSSR count). The molecule has 0 radical (unpaired) electrons. The summed E-state index contributed by atoms with van der Waals surface area (Å²) in [5.74, 6) is 0. The van der Waals surface area contributed by atoms with Crippen LogP contribution in [0.4, 0.5) is 0 Å². The zero-order valence-electron chi connectivity index (χ0n) is 10.6. The van der Waals surface area contributed by atoms with Gasteiger partial charge >= 0.3 is 0 Å². The average molecular weight is 303 g/mol. The molecule has 0 aliphatic heterocycles. The Hall–Kier alpha value is -1.61. The Morgan fingerprint density at radius 2 is 1.65 bits per heavy atom. The molecule has 2 aromatic carbocycles. The summed E-state index contributed by atoms with van der Waals surface area (Å²) in [7, 11) is 0. The predicted octanol–water partition coefficient (Wildman–Crippen LogP) is 4.59. The first-order valence-electron chi connectivity index (χ1n) is 6.19. The normalized spacial score (nSPS) is 12.6. The fourth-order valence-corrected chi connectivity index (χ4v) is 2.86. The number of fused-ring (bicyclic) bond motifs is 1. The van der Waals surface area contributed by atoms with Crippen LogP contribution in [0.15, 0.2) is 54.9 Å². The van der Waals surface area contributed by atoms with E-state index in [1.54, 1.807) is 12.3 Å². The SMILES string of the molecule is NC(c1cc(Cl)cc(Cl)c1)c1cncc2ccccc12. The summed E-state index contributed by atoms with van der Waals surface area (Å²) < 4.78 is 0. The van der Waals surface area contributed by atoms with Crippen LogP contribution in [0.2, 0.25) is 10.0 Å². The molecule has 0 aliphatic carbocycles. The second-order valence-electron chi connectivity index (χ2n) is 4.63. The third-order valence-corrected chi connectivity index (χ3v) is 3.71. The van der Waals surface area contributed by atoms with E-state index in [9.17, 15) is 0 Å². The smallest absolute Gasteiger partial charge is 0.0574 e. The fraction of sp³-hybridized carbons (Fsp3) is 0.0625. The second-order valence-corrected chi connectivity index (χ2v) is 5.50. The van der Waals surface area contributed by atoms with Crippen molar-refractivity contribution >= 4 is 34.0 Å². The molecule has 3 aromatic rings. The second kappa shape index (κ2) is 5.41. The van der Waals surface area contributed by atoms with Gasteiger partial charge in [0, 0.05) is 27.8 Å². The molecule has 0 spiro atoms. The number of benzene rings is 2. The molecule has 0 saturated heterocycles. The summed E-state index contributed by atoms with van der Waals surface area (Å²) in [6.45, 7) is 0. The Labute approximate surface area is 127 Å². The molecule has 0 bridgehead atoms. The van der Waals surface area contributed by atoms with Gasteiger partial charge in [-0.1, -0.05) is 47.5 Å². The van der Waals surface area contributed by atoms with Gasteiger partial charge in [-0.25, -0.2) is 0 Å².